The lowest BCUT2D eigenvalue weighted by atomic mass is 10.2. The molecule has 0 aliphatic carbocycles. The van der Waals surface area contributed by atoms with Crippen LogP contribution in [0.25, 0.3) is 0 Å². The number of methoxy groups -OCH3 is 2. The van der Waals surface area contributed by atoms with E-state index in [1.54, 1.807) is 38.3 Å². The van der Waals surface area contributed by atoms with Gasteiger partial charge in [0.25, 0.3) is 5.91 Å². The van der Waals surface area contributed by atoms with Crippen LogP contribution in [0.5, 0.6) is 11.5 Å². The number of hydrogen-bond acceptors (Lipinski definition) is 5. The average molecular weight is 343 g/mol. The maximum Gasteiger partial charge on any atom is 0.337 e. The fourth-order valence-corrected chi connectivity index (χ4v) is 2.12. The first kappa shape index (κ1) is 18.3. The predicted molar refractivity (Wildman–Crippen MR) is 92.7 cm³/mol. The van der Waals surface area contributed by atoms with Crippen LogP contribution in [0.15, 0.2) is 48.5 Å². The molecule has 6 heteroatoms. The van der Waals surface area contributed by atoms with Gasteiger partial charge in [-0.25, -0.2) is 4.79 Å². The highest BCUT2D eigenvalue weighted by atomic mass is 16.5. The van der Waals surface area contributed by atoms with Crippen LogP contribution in [0.1, 0.15) is 22.8 Å². The van der Waals surface area contributed by atoms with Gasteiger partial charge in [-0.2, -0.15) is 0 Å². The van der Waals surface area contributed by atoms with E-state index in [1.165, 1.54) is 7.11 Å². The fourth-order valence-electron chi connectivity index (χ4n) is 2.12. The van der Waals surface area contributed by atoms with E-state index in [9.17, 15) is 9.59 Å². The molecule has 6 nitrogen and oxygen atoms in total. The summed E-state index contributed by atoms with van der Waals surface area (Å²) in [5, 5.41) is 2.82. The van der Waals surface area contributed by atoms with Gasteiger partial charge in [0.2, 0.25) is 0 Å². The van der Waals surface area contributed by atoms with Crippen LogP contribution in [0.2, 0.25) is 0 Å². The molecule has 0 heterocycles. The Hall–Kier alpha value is -3.02. The van der Waals surface area contributed by atoms with Gasteiger partial charge in [-0.3, -0.25) is 4.79 Å². The van der Waals surface area contributed by atoms with Gasteiger partial charge in [-0.05, 0) is 48.9 Å². The molecule has 25 heavy (non-hydrogen) atoms. The number of nitrogens with one attached hydrogen (secondary N) is 1. The Morgan fingerprint density at radius 2 is 1.56 bits per heavy atom. The summed E-state index contributed by atoms with van der Waals surface area (Å²) in [6.45, 7) is 2.06. The van der Waals surface area contributed by atoms with E-state index < -0.39 is 12.1 Å². The SMILES string of the molecule is COC(=O)c1ccc(O[C@@H](C)C(=O)NCc2ccc(OC)cc2)cc1. The van der Waals surface area contributed by atoms with Crippen LogP contribution in [-0.4, -0.2) is 32.2 Å². The minimum Gasteiger partial charge on any atom is -0.497 e. The summed E-state index contributed by atoms with van der Waals surface area (Å²) in [6, 6.07) is 13.9. The Balaban J connectivity index is 1.85. The van der Waals surface area contributed by atoms with Crippen molar-refractivity contribution in [2.45, 2.75) is 19.6 Å². The zero-order valence-corrected chi connectivity index (χ0v) is 14.4. The average Bonchev–Trinajstić information content (AvgIpc) is 2.66. The van der Waals surface area contributed by atoms with Gasteiger partial charge in [0.15, 0.2) is 6.10 Å². The normalized spacial score (nSPS) is 11.3. The summed E-state index contributed by atoms with van der Waals surface area (Å²) in [4.78, 5) is 23.5. The van der Waals surface area contributed by atoms with Crippen molar-refractivity contribution in [1.29, 1.82) is 0 Å². The number of esters is 1. The maximum atomic E-state index is 12.1. The summed E-state index contributed by atoms with van der Waals surface area (Å²) in [5.41, 5.74) is 1.38. The molecule has 1 amide bonds. The third-order valence-electron chi connectivity index (χ3n) is 3.58. The van der Waals surface area contributed by atoms with Crippen LogP contribution in [0.4, 0.5) is 0 Å². The van der Waals surface area contributed by atoms with Crippen molar-refractivity contribution in [1.82, 2.24) is 5.32 Å². The Morgan fingerprint density at radius 1 is 0.960 bits per heavy atom. The molecule has 0 spiro atoms. The molecule has 0 bridgehead atoms. The highest BCUT2D eigenvalue weighted by molar-refractivity contribution is 5.89. The molecule has 0 unspecified atom stereocenters. The minimum atomic E-state index is -0.665. The lowest BCUT2D eigenvalue weighted by molar-refractivity contribution is -0.127. The molecule has 0 radical (unpaired) electrons. The number of carbonyl (C=O) groups excluding carboxylic acids is 2. The fraction of sp³-hybridized carbons (Fsp3) is 0.263. The Labute approximate surface area is 146 Å². The summed E-state index contributed by atoms with van der Waals surface area (Å²) in [7, 11) is 2.93. The van der Waals surface area contributed by atoms with Crippen molar-refractivity contribution < 1.29 is 23.8 Å². The van der Waals surface area contributed by atoms with Crippen LogP contribution >= 0.6 is 0 Å². The molecule has 132 valence electrons. The molecule has 2 aromatic carbocycles. The van der Waals surface area contributed by atoms with E-state index in [0.29, 0.717) is 17.9 Å². The second-order valence-electron chi connectivity index (χ2n) is 5.34. The predicted octanol–water partition coefficient (Wildman–Crippen LogP) is 2.57. The van der Waals surface area contributed by atoms with E-state index in [0.717, 1.165) is 11.3 Å². The quantitative estimate of drug-likeness (QED) is 0.782. The molecule has 1 N–H and O–H groups in total. The van der Waals surface area contributed by atoms with Gasteiger partial charge < -0.3 is 19.5 Å². The second kappa shape index (κ2) is 8.73. The van der Waals surface area contributed by atoms with E-state index in [2.05, 4.69) is 10.1 Å². The number of carbonyl (C=O) groups is 2. The zero-order chi connectivity index (χ0) is 18.2. The monoisotopic (exact) mass is 343 g/mol. The first-order valence-electron chi connectivity index (χ1n) is 7.79. The van der Waals surface area contributed by atoms with Crippen molar-refractivity contribution >= 4 is 11.9 Å². The van der Waals surface area contributed by atoms with Crippen LogP contribution in [0, 0.1) is 0 Å². The standard InChI is InChI=1S/C19H21NO5/c1-13(25-17-10-6-15(7-11-17)19(22)24-3)18(21)20-12-14-4-8-16(23-2)9-5-14/h4-11,13H,12H2,1-3H3,(H,20,21)/t13-/m0/s1. The lowest BCUT2D eigenvalue weighted by Crippen LogP contribution is -2.35. The van der Waals surface area contributed by atoms with Crippen LogP contribution in [-0.2, 0) is 16.1 Å². The van der Waals surface area contributed by atoms with Crippen molar-refractivity contribution in [2.24, 2.45) is 0 Å². The van der Waals surface area contributed by atoms with Gasteiger partial charge in [-0.15, -0.1) is 0 Å². The van der Waals surface area contributed by atoms with E-state index >= 15 is 0 Å². The highest BCUT2D eigenvalue weighted by Crippen LogP contribution is 2.15. The van der Waals surface area contributed by atoms with Gasteiger partial charge in [0, 0.05) is 6.54 Å². The summed E-state index contributed by atoms with van der Waals surface area (Å²) < 4.78 is 15.3. The van der Waals surface area contributed by atoms with Gasteiger partial charge in [0.1, 0.15) is 11.5 Å². The second-order valence-corrected chi connectivity index (χ2v) is 5.34. The molecular formula is C19H21NO5. The molecule has 0 aliphatic rings. The van der Waals surface area contributed by atoms with Crippen molar-refractivity contribution in [3.63, 3.8) is 0 Å². The first-order chi connectivity index (χ1) is 12.0. The van der Waals surface area contributed by atoms with Crippen molar-refractivity contribution in [3.05, 3.63) is 59.7 Å². The summed E-state index contributed by atoms with van der Waals surface area (Å²) >= 11 is 0. The molecular weight excluding hydrogens is 322 g/mol. The molecule has 0 aliphatic heterocycles. The minimum absolute atomic E-state index is 0.229. The van der Waals surface area contributed by atoms with E-state index in [-0.39, 0.29) is 5.91 Å². The van der Waals surface area contributed by atoms with Crippen molar-refractivity contribution in [2.75, 3.05) is 14.2 Å². The van der Waals surface area contributed by atoms with Crippen LogP contribution < -0.4 is 14.8 Å². The van der Waals surface area contributed by atoms with Gasteiger partial charge >= 0.3 is 5.97 Å². The zero-order valence-electron chi connectivity index (χ0n) is 14.4. The highest BCUT2D eigenvalue weighted by Gasteiger charge is 2.14. The summed E-state index contributed by atoms with van der Waals surface area (Å²) in [5.74, 6) is 0.617. The lowest BCUT2D eigenvalue weighted by Gasteiger charge is -2.15. The number of rotatable bonds is 7. The molecule has 0 saturated heterocycles. The van der Waals surface area contributed by atoms with E-state index in [4.69, 9.17) is 9.47 Å². The smallest absolute Gasteiger partial charge is 0.337 e. The molecule has 0 fully saturated rings. The van der Waals surface area contributed by atoms with Gasteiger partial charge in [0.05, 0.1) is 19.8 Å². The Morgan fingerprint density at radius 3 is 2.12 bits per heavy atom. The Kier molecular flexibility index (Phi) is 6.39. The summed E-state index contributed by atoms with van der Waals surface area (Å²) in [6.07, 6.45) is -0.665. The molecule has 2 aromatic rings. The Bertz CT molecular complexity index is 710. The third-order valence-corrected chi connectivity index (χ3v) is 3.58. The topological polar surface area (TPSA) is 73.9 Å². The first-order valence-corrected chi connectivity index (χ1v) is 7.79. The third kappa shape index (κ3) is 5.24. The molecule has 2 rings (SSSR count). The molecule has 0 aromatic heterocycles. The van der Waals surface area contributed by atoms with Crippen molar-refractivity contribution in [3.8, 4) is 11.5 Å². The number of amides is 1. The van der Waals surface area contributed by atoms with E-state index in [1.807, 2.05) is 24.3 Å². The largest absolute Gasteiger partial charge is 0.497 e. The molecule has 1 atom stereocenters. The van der Waals surface area contributed by atoms with Crippen LogP contribution in [0.3, 0.4) is 0 Å². The number of ether oxygens (including phenoxy) is 3. The molecule has 0 saturated carbocycles. The number of hydrogen-bond donors (Lipinski definition) is 1. The number of benzene rings is 2. The maximum absolute atomic E-state index is 12.1. The van der Waals surface area contributed by atoms with Gasteiger partial charge in [-0.1, -0.05) is 12.1 Å².